The molecule has 5 heteroatoms. The van der Waals surface area contributed by atoms with Gasteiger partial charge in [-0.05, 0) is 26.2 Å². The first kappa shape index (κ1) is 12.1. The Labute approximate surface area is 99.1 Å². The minimum atomic E-state index is -0.864. The van der Waals surface area contributed by atoms with E-state index in [-0.39, 0.29) is 6.04 Å². The number of nitrogens with one attached hydrogen (secondary N) is 1. The topological polar surface area (TPSA) is 64.3 Å². The first-order valence-corrected chi connectivity index (χ1v) is 7.21. The zero-order valence-corrected chi connectivity index (χ0v) is 10.5. The summed E-state index contributed by atoms with van der Waals surface area (Å²) in [4.78, 5) is 0.923. The molecule has 0 aromatic heterocycles. The van der Waals surface area contributed by atoms with Crippen LogP contribution >= 0.6 is 0 Å². The van der Waals surface area contributed by atoms with Crippen molar-refractivity contribution in [2.75, 3.05) is 19.0 Å². The molecule has 92 valence electrons. The van der Waals surface area contributed by atoms with Crippen molar-refractivity contribution in [1.82, 2.24) is 5.32 Å². The number of nitrogens with two attached hydrogens (primary N) is 1. The summed E-state index contributed by atoms with van der Waals surface area (Å²) in [5, 5.41) is 3.51. The Morgan fingerprint density at radius 1 is 1.50 bits per heavy atom. The van der Waals surface area contributed by atoms with Crippen LogP contribution in [0.15, 0.2) is 10.6 Å². The van der Waals surface area contributed by atoms with Gasteiger partial charge in [-0.15, -0.1) is 0 Å². The summed E-state index contributed by atoms with van der Waals surface area (Å²) in [6.45, 7) is 3.70. The second-order valence-corrected chi connectivity index (χ2v) is 6.00. The molecule has 2 heterocycles. The third kappa shape index (κ3) is 2.64. The molecule has 0 radical (unpaired) electrons. The summed E-state index contributed by atoms with van der Waals surface area (Å²) in [5.74, 6) is 0.695. The van der Waals surface area contributed by atoms with Crippen molar-refractivity contribution < 1.29 is 8.95 Å². The highest BCUT2D eigenvalue weighted by Gasteiger charge is 2.26. The standard InChI is InChI=1S/C11H20N2O2S/c1-8(11-10(12)4-7-16(11)14)13-9-2-5-15-6-3-9/h8-9,13H,2-7,12H2,1H3. The van der Waals surface area contributed by atoms with E-state index in [1.807, 2.05) is 0 Å². The van der Waals surface area contributed by atoms with Crippen molar-refractivity contribution in [2.24, 2.45) is 5.73 Å². The van der Waals surface area contributed by atoms with Gasteiger partial charge in [-0.1, -0.05) is 0 Å². The van der Waals surface area contributed by atoms with Gasteiger partial charge in [0.15, 0.2) is 0 Å². The van der Waals surface area contributed by atoms with Crippen molar-refractivity contribution in [3.8, 4) is 0 Å². The molecular weight excluding hydrogens is 224 g/mol. The first-order chi connectivity index (χ1) is 7.68. The van der Waals surface area contributed by atoms with Crippen LogP contribution in [0, 0.1) is 0 Å². The molecule has 1 saturated heterocycles. The lowest BCUT2D eigenvalue weighted by molar-refractivity contribution is 0.0767. The van der Waals surface area contributed by atoms with Crippen LogP contribution in [0.5, 0.6) is 0 Å². The van der Waals surface area contributed by atoms with Gasteiger partial charge >= 0.3 is 0 Å². The monoisotopic (exact) mass is 244 g/mol. The quantitative estimate of drug-likeness (QED) is 0.757. The predicted octanol–water partition coefficient (Wildman–Crippen LogP) is 0.466. The Balaban J connectivity index is 1.94. The molecule has 3 N–H and O–H groups in total. The Bertz CT molecular complexity index is 311. The van der Waals surface area contributed by atoms with E-state index in [0.29, 0.717) is 11.8 Å². The minimum absolute atomic E-state index is 0.131. The van der Waals surface area contributed by atoms with Gasteiger partial charge in [-0.3, -0.25) is 4.21 Å². The van der Waals surface area contributed by atoms with Crippen molar-refractivity contribution in [2.45, 2.75) is 38.3 Å². The van der Waals surface area contributed by atoms with E-state index in [9.17, 15) is 4.21 Å². The zero-order chi connectivity index (χ0) is 11.5. The van der Waals surface area contributed by atoms with E-state index in [2.05, 4.69) is 12.2 Å². The Kier molecular flexibility index (Phi) is 4.00. The molecule has 0 aromatic rings. The molecular formula is C11H20N2O2S. The van der Waals surface area contributed by atoms with Crippen molar-refractivity contribution in [1.29, 1.82) is 0 Å². The van der Waals surface area contributed by atoms with Crippen LogP contribution in [0.1, 0.15) is 26.2 Å². The van der Waals surface area contributed by atoms with Crippen molar-refractivity contribution in [3.05, 3.63) is 10.6 Å². The molecule has 2 rings (SSSR count). The maximum atomic E-state index is 11.8. The predicted molar refractivity (Wildman–Crippen MR) is 65.3 cm³/mol. The lowest BCUT2D eigenvalue weighted by Crippen LogP contribution is -2.41. The van der Waals surface area contributed by atoms with E-state index in [0.717, 1.165) is 43.1 Å². The molecule has 0 amide bonds. The van der Waals surface area contributed by atoms with E-state index >= 15 is 0 Å². The van der Waals surface area contributed by atoms with E-state index in [4.69, 9.17) is 10.5 Å². The first-order valence-electron chi connectivity index (χ1n) is 5.89. The maximum absolute atomic E-state index is 11.8. The summed E-state index contributed by atoms with van der Waals surface area (Å²) in [6.07, 6.45) is 2.84. The lowest BCUT2D eigenvalue weighted by atomic mass is 10.1. The van der Waals surface area contributed by atoms with E-state index in [1.165, 1.54) is 0 Å². The maximum Gasteiger partial charge on any atom is 0.0525 e. The highest BCUT2D eigenvalue weighted by Crippen LogP contribution is 2.22. The smallest absolute Gasteiger partial charge is 0.0525 e. The fourth-order valence-electron chi connectivity index (χ4n) is 2.35. The summed E-state index contributed by atoms with van der Waals surface area (Å²) in [5.41, 5.74) is 6.72. The average molecular weight is 244 g/mol. The average Bonchev–Trinajstić information content (AvgIpc) is 2.60. The van der Waals surface area contributed by atoms with Crippen LogP contribution in [0.4, 0.5) is 0 Å². The van der Waals surface area contributed by atoms with E-state index < -0.39 is 10.8 Å². The zero-order valence-electron chi connectivity index (χ0n) is 9.70. The fourth-order valence-corrected chi connectivity index (χ4v) is 3.83. The normalized spacial score (nSPS) is 29.7. The van der Waals surface area contributed by atoms with Crippen LogP contribution in [-0.2, 0) is 15.5 Å². The molecule has 2 aliphatic heterocycles. The molecule has 0 bridgehead atoms. The summed E-state index contributed by atoms with van der Waals surface area (Å²) in [6, 6.07) is 0.605. The van der Waals surface area contributed by atoms with Crippen LogP contribution in [0.2, 0.25) is 0 Å². The van der Waals surface area contributed by atoms with Gasteiger partial charge in [0, 0.05) is 36.7 Å². The summed E-state index contributed by atoms with van der Waals surface area (Å²) >= 11 is 0. The molecule has 16 heavy (non-hydrogen) atoms. The highest BCUT2D eigenvalue weighted by atomic mass is 32.2. The Hall–Kier alpha value is -0.390. The number of allylic oxidation sites excluding steroid dienone is 1. The largest absolute Gasteiger partial charge is 0.401 e. The van der Waals surface area contributed by atoms with Gasteiger partial charge in [0.25, 0.3) is 0 Å². The molecule has 0 aromatic carbocycles. The Morgan fingerprint density at radius 3 is 2.75 bits per heavy atom. The lowest BCUT2D eigenvalue weighted by Gasteiger charge is -2.27. The molecule has 2 unspecified atom stereocenters. The van der Waals surface area contributed by atoms with Gasteiger partial charge in [0.05, 0.1) is 15.7 Å². The second kappa shape index (κ2) is 5.29. The number of rotatable bonds is 3. The van der Waals surface area contributed by atoms with E-state index in [1.54, 1.807) is 0 Å². The van der Waals surface area contributed by atoms with Gasteiger partial charge in [0.2, 0.25) is 0 Å². The highest BCUT2D eigenvalue weighted by molar-refractivity contribution is 7.89. The molecule has 0 saturated carbocycles. The molecule has 0 spiro atoms. The number of hydrogen-bond acceptors (Lipinski definition) is 4. The Morgan fingerprint density at radius 2 is 2.19 bits per heavy atom. The summed E-state index contributed by atoms with van der Waals surface area (Å²) < 4.78 is 17.1. The van der Waals surface area contributed by atoms with Gasteiger partial charge < -0.3 is 15.8 Å². The second-order valence-electron chi connectivity index (χ2n) is 4.46. The third-order valence-corrected chi connectivity index (χ3v) is 4.90. The van der Waals surface area contributed by atoms with Crippen molar-refractivity contribution >= 4 is 10.8 Å². The van der Waals surface area contributed by atoms with Crippen LogP contribution in [0.25, 0.3) is 0 Å². The SMILES string of the molecule is CC(NC1CCOCC1)C1=C(N)CCS1=O. The molecule has 2 atom stereocenters. The number of ether oxygens (including phenoxy) is 1. The molecule has 1 fully saturated rings. The van der Waals surface area contributed by atoms with Crippen LogP contribution in [0.3, 0.4) is 0 Å². The van der Waals surface area contributed by atoms with Gasteiger partial charge in [-0.25, -0.2) is 0 Å². The summed E-state index contributed by atoms with van der Waals surface area (Å²) in [7, 11) is -0.864. The number of hydrogen-bond donors (Lipinski definition) is 2. The third-order valence-electron chi connectivity index (χ3n) is 3.22. The molecule has 0 aliphatic carbocycles. The van der Waals surface area contributed by atoms with Gasteiger partial charge in [-0.2, -0.15) is 0 Å². The van der Waals surface area contributed by atoms with Crippen LogP contribution < -0.4 is 11.1 Å². The van der Waals surface area contributed by atoms with Crippen molar-refractivity contribution in [3.63, 3.8) is 0 Å². The molecule has 2 aliphatic rings. The van der Waals surface area contributed by atoms with Gasteiger partial charge in [0.1, 0.15) is 0 Å². The fraction of sp³-hybridized carbons (Fsp3) is 0.818. The minimum Gasteiger partial charge on any atom is -0.401 e. The van der Waals surface area contributed by atoms with Crippen LogP contribution in [-0.4, -0.2) is 35.3 Å². The molecule has 4 nitrogen and oxygen atoms in total.